The molecule has 14 heavy (non-hydrogen) atoms. The zero-order valence-corrected chi connectivity index (χ0v) is 8.90. The molecular formula is C10H18N4. The maximum atomic E-state index is 5.75. The van der Waals surface area contributed by atoms with Gasteiger partial charge in [-0.25, -0.2) is 0 Å². The van der Waals surface area contributed by atoms with E-state index in [9.17, 15) is 0 Å². The standard InChI is InChI=1S/C10H18N4/c1-8-10(11)7-14(12-8)6-9-4-3-5-13(9)2/h7,9H,3-6,11H2,1-2H3. The molecule has 2 N–H and O–H groups in total. The normalized spacial score (nSPS) is 23.1. The fraction of sp³-hybridized carbons (Fsp3) is 0.700. The molecule has 0 radical (unpaired) electrons. The first-order chi connectivity index (χ1) is 6.66. The number of aryl methyl sites for hydroxylation is 1. The van der Waals surface area contributed by atoms with Crippen molar-refractivity contribution in [3.63, 3.8) is 0 Å². The van der Waals surface area contributed by atoms with Gasteiger partial charge in [0.2, 0.25) is 0 Å². The average molecular weight is 194 g/mol. The number of hydrogen-bond acceptors (Lipinski definition) is 3. The number of likely N-dealkylation sites (tertiary alicyclic amines) is 1. The van der Waals surface area contributed by atoms with Crippen LogP contribution in [0.5, 0.6) is 0 Å². The van der Waals surface area contributed by atoms with Crippen molar-refractivity contribution in [2.45, 2.75) is 32.4 Å². The third-order valence-electron chi connectivity index (χ3n) is 3.05. The topological polar surface area (TPSA) is 47.1 Å². The Hall–Kier alpha value is -1.03. The quantitative estimate of drug-likeness (QED) is 0.760. The number of likely N-dealkylation sites (N-methyl/N-ethyl adjacent to an activating group) is 1. The van der Waals surface area contributed by atoms with E-state index < -0.39 is 0 Å². The van der Waals surface area contributed by atoms with Crippen molar-refractivity contribution in [1.29, 1.82) is 0 Å². The van der Waals surface area contributed by atoms with Crippen molar-refractivity contribution in [2.24, 2.45) is 0 Å². The van der Waals surface area contributed by atoms with E-state index >= 15 is 0 Å². The summed E-state index contributed by atoms with van der Waals surface area (Å²) in [5.41, 5.74) is 7.49. The number of hydrogen-bond donors (Lipinski definition) is 1. The Balaban J connectivity index is 2.03. The molecule has 1 aliphatic rings. The lowest BCUT2D eigenvalue weighted by atomic mass is 10.2. The van der Waals surface area contributed by atoms with Crippen molar-refractivity contribution >= 4 is 5.69 Å². The molecule has 0 saturated carbocycles. The first kappa shape index (κ1) is 9.52. The van der Waals surface area contributed by atoms with Gasteiger partial charge in [-0.15, -0.1) is 0 Å². The average Bonchev–Trinajstić information content (AvgIpc) is 2.63. The fourth-order valence-corrected chi connectivity index (χ4v) is 2.05. The molecular weight excluding hydrogens is 176 g/mol. The summed E-state index contributed by atoms with van der Waals surface area (Å²) in [7, 11) is 2.18. The lowest BCUT2D eigenvalue weighted by Crippen LogP contribution is -2.29. The molecule has 0 amide bonds. The molecule has 0 spiro atoms. The van der Waals surface area contributed by atoms with Crippen molar-refractivity contribution in [3.05, 3.63) is 11.9 Å². The van der Waals surface area contributed by atoms with Gasteiger partial charge in [0.1, 0.15) is 0 Å². The number of anilines is 1. The Morgan fingerprint density at radius 2 is 2.43 bits per heavy atom. The van der Waals surface area contributed by atoms with E-state index in [1.54, 1.807) is 0 Å². The van der Waals surface area contributed by atoms with Gasteiger partial charge in [-0.2, -0.15) is 5.10 Å². The van der Waals surface area contributed by atoms with Crippen molar-refractivity contribution in [2.75, 3.05) is 19.3 Å². The van der Waals surface area contributed by atoms with E-state index in [-0.39, 0.29) is 0 Å². The first-order valence-corrected chi connectivity index (χ1v) is 5.16. The van der Waals surface area contributed by atoms with Crippen LogP contribution in [-0.2, 0) is 6.54 Å². The van der Waals surface area contributed by atoms with Gasteiger partial charge in [-0.3, -0.25) is 4.68 Å². The summed E-state index contributed by atoms with van der Waals surface area (Å²) in [6.07, 6.45) is 4.51. The van der Waals surface area contributed by atoms with Gasteiger partial charge < -0.3 is 10.6 Å². The zero-order valence-electron chi connectivity index (χ0n) is 8.90. The number of aromatic nitrogens is 2. The van der Waals surface area contributed by atoms with Crippen LogP contribution in [0.3, 0.4) is 0 Å². The highest BCUT2D eigenvalue weighted by atomic mass is 15.3. The second kappa shape index (κ2) is 3.61. The van der Waals surface area contributed by atoms with Gasteiger partial charge in [-0.1, -0.05) is 0 Å². The first-order valence-electron chi connectivity index (χ1n) is 5.16. The molecule has 0 aromatic carbocycles. The summed E-state index contributed by atoms with van der Waals surface area (Å²) in [6.45, 7) is 4.12. The molecule has 1 aromatic heterocycles. The SMILES string of the molecule is Cc1nn(CC2CCCN2C)cc1N. The van der Waals surface area contributed by atoms with Gasteiger partial charge in [-0.05, 0) is 33.4 Å². The molecule has 1 saturated heterocycles. The predicted molar refractivity (Wildman–Crippen MR) is 57.0 cm³/mol. The summed E-state index contributed by atoms with van der Waals surface area (Å²) in [6, 6.07) is 0.633. The Morgan fingerprint density at radius 3 is 2.93 bits per heavy atom. The van der Waals surface area contributed by atoms with Crippen LogP contribution in [-0.4, -0.2) is 34.3 Å². The maximum absolute atomic E-state index is 5.75. The van der Waals surface area contributed by atoms with Gasteiger partial charge in [0, 0.05) is 12.2 Å². The number of rotatable bonds is 2. The summed E-state index contributed by atoms with van der Waals surface area (Å²) in [5.74, 6) is 0. The number of nitrogen functional groups attached to an aromatic ring is 1. The minimum absolute atomic E-state index is 0.633. The summed E-state index contributed by atoms with van der Waals surface area (Å²) in [4.78, 5) is 2.40. The molecule has 0 aliphatic carbocycles. The molecule has 1 fully saturated rings. The Kier molecular flexibility index (Phi) is 2.46. The molecule has 4 nitrogen and oxygen atoms in total. The Labute approximate surface area is 84.7 Å². The van der Waals surface area contributed by atoms with E-state index in [4.69, 9.17) is 5.73 Å². The number of nitrogens with two attached hydrogens (primary N) is 1. The lowest BCUT2D eigenvalue weighted by Gasteiger charge is -2.18. The van der Waals surface area contributed by atoms with Crippen molar-refractivity contribution < 1.29 is 0 Å². The smallest absolute Gasteiger partial charge is 0.0822 e. The zero-order chi connectivity index (χ0) is 10.1. The van der Waals surface area contributed by atoms with Gasteiger partial charge in [0.25, 0.3) is 0 Å². The van der Waals surface area contributed by atoms with Crippen LogP contribution < -0.4 is 5.73 Å². The second-order valence-corrected chi connectivity index (χ2v) is 4.17. The number of nitrogens with zero attached hydrogens (tertiary/aromatic N) is 3. The second-order valence-electron chi connectivity index (χ2n) is 4.17. The summed E-state index contributed by atoms with van der Waals surface area (Å²) >= 11 is 0. The molecule has 4 heteroatoms. The molecule has 1 atom stereocenters. The van der Waals surface area contributed by atoms with Crippen molar-refractivity contribution in [3.8, 4) is 0 Å². The monoisotopic (exact) mass is 194 g/mol. The third-order valence-corrected chi connectivity index (χ3v) is 3.05. The Morgan fingerprint density at radius 1 is 1.64 bits per heavy atom. The van der Waals surface area contributed by atoms with Crippen LogP contribution in [0.15, 0.2) is 6.20 Å². The van der Waals surface area contributed by atoms with E-state index in [1.807, 2.05) is 17.8 Å². The molecule has 1 aliphatic heterocycles. The largest absolute Gasteiger partial charge is 0.396 e. The summed E-state index contributed by atoms with van der Waals surface area (Å²) in [5, 5.41) is 4.37. The fourth-order valence-electron chi connectivity index (χ4n) is 2.05. The molecule has 0 bridgehead atoms. The maximum Gasteiger partial charge on any atom is 0.0822 e. The van der Waals surface area contributed by atoms with E-state index in [2.05, 4.69) is 17.0 Å². The molecule has 1 unspecified atom stereocenters. The van der Waals surface area contributed by atoms with E-state index in [0.717, 1.165) is 17.9 Å². The molecule has 2 heterocycles. The minimum atomic E-state index is 0.633. The minimum Gasteiger partial charge on any atom is -0.396 e. The van der Waals surface area contributed by atoms with Crippen LogP contribution >= 0.6 is 0 Å². The third kappa shape index (κ3) is 1.75. The van der Waals surface area contributed by atoms with E-state index in [0.29, 0.717) is 6.04 Å². The molecule has 2 rings (SSSR count). The van der Waals surface area contributed by atoms with Crippen LogP contribution in [0, 0.1) is 6.92 Å². The van der Waals surface area contributed by atoms with Crippen molar-refractivity contribution in [1.82, 2.24) is 14.7 Å². The van der Waals surface area contributed by atoms with Gasteiger partial charge in [0.15, 0.2) is 0 Å². The van der Waals surface area contributed by atoms with Crippen LogP contribution in [0.4, 0.5) is 5.69 Å². The highest BCUT2D eigenvalue weighted by molar-refractivity contribution is 5.39. The highest BCUT2D eigenvalue weighted by Crippen LogP contribution is 2.17. The molecule has 78 valence electrons. The highest BCUT2D eigenvalue weighted by Gasteiger charge is 2.21. The van der Waals surface area contributed by atoms with Crippen LogP contribution in [0.2, 0.25) is 0 Å². The van der Waals surface area contributed by atoms with Gasteiger partial charge >= 0.3 is 0 Å². The Bertz CT molecular complexity index is 298. The van der Waals surface area contributed by atoms with Crippen LogP contribution in [0.1, 0.15) is 18.5 Å². The predicted octanol–water partition coefficient (Wildman–Crippen LogP) is 0.868. The lowest BCUT2D eigenvalue weighted by molar-refractivity contribution is 0.274. The van der Waals surface area contributed by atoms with Gasteiger partial charge in [0.05, 0.1) is 17.9 Å². The molecule has 1 aromatic rings. The summed E-state index contributed by atoms with van der Waals surface area (Å²) < 4.78 is 1.97. The van der Waals surface area contributed by atoms with E-state index in [1.165, 1.54) is 19.4 Å². The van der Waals surface area contributed by atoms with Crippen LogP contribution in [0.25, 0.3) is 0 Å².